The first-order valence-electron chi connectivity index (χ1n) is 6.40. The predicted octanol–water partition coefficient (Wildman–Crippen LogP) is 3.88. The van der Waals surface area contributed by atoms with Gasteiger partial charge in [-0.2, -0.15) is 0 Å². The quantitative estimate of drug-likeness (QED) is 0.608. The van der Waals surface area contributed by atoms with E-state index in [1.54, 1.807) is 0 Å². The van der Waals surface area contributed by atoms with Gasteiger partial charge in [0.2, 0.25) is 0 Å². The second-order valence-electron chi connectivity index (χ2n) is 4.81. The Kier molecular flexibility index (Phi) is 5.02. The molecule has 0 amide bonds. The van der Waals surface area contributed by atoms with Crippen molar-refractivity contribution in [3.05, 3.63) is 42.5 Å². The fraction of sp³-hybridized carbons (Fsp3) is 0.375. The van der Waals surface area contributed by atoms with Crippen molar-refractivity contribution < 1.29 is 0 Å². The van der Waals surface area contributed by atoms with Gasteiger partial charge in [-0.3, -0.25) is 0 Å². The van der Waals surface area contributed by atoms with Crippen molar-refractivity contribution in [1.29, 1.82) is 0 Å². The number of nitrogens with zero attached hydrogens (tertiary/aromatic N) is 1. The van der Waals surface area contributed by atoms with Gasteiger partial charge in [0, 0.05) is 31.0 Å². The number of nitrogen functional groups attached to an aromatic ring is 1. The summed E-state index contributed by atoms with van der Waals surface area (Å²) in [6.45, 7) is 10.1. The minimum Gasteiger partial charge on any atom is -0.398 e. The number of allylic oxidation sites excluding steroid dienone is 2. The van der Waals surface area contributed by atoms with Crippen molar-refractivity contribution in [2.45, 2.75) is 26.2 Å². The van der Waals surface area contributed by atoms with Crippen LogP contribution < -0.4 is 10.6 Å². The molecule has 1 rings (SSSR count). The van der Waals surface area contributed by atoms with Gasteiger partial charge in [-0.1, -0.05) is 26.0 Å². The van der Waals surface area contributed by atoms with Gasteiger partial charge in [0.1, 0.15) is 0 Å². The molecule has 0 atom stereocenters. The van der Waals surface area contributed by atoms with Gasteiger partial charge in [0.15, 0.2) is 0 Å². The maximum absolute atomic E-state index is 6.14. The molecule has 0 spiro atoms. The van der Waals surface area contributed by atoms with Gasteiger partial charge < -0.3 is 10.6 Å². The van der Waals surface area contributed by atoms with Crippen LogP contribution in [0.3, 0.4) is 0 Å². The number of benzene rings is 1. The fourth-order valence-corrected chi connectivity index (χ4v) is 2.13. The van der Waals surface area contributed by atoms with Crippen LogP contribution in [-0.2, 0) is 6.42 Å². The van der Waals surface area contributed by atoms with E-state index in [2.05, 4.69) is 31.0 Å². The first-order chi connectivity index (χ1) is 8.51. The first-order valence-corrected chi connectivity index (χ1v) is 6.40. The van der Waals surface area contributed by atoms with Gasteiger partial charge >= 0.3 is 0 Å². The first kappa shape index (κ1) is 14.4. The Labute approximate surface area is 111 Å². The molecule has 1 aromatic rings. The van der Waals surface area contributed by atoms with E-state index in [9.17, 15) is 0 Å². The molecule has 18 heavy (non-hydrogen) atoms. The highest BCUT2D eigenvalue weighted by atomic mass is 15.1. The Hall–Kier alpha value is -1.70. The highest BCUT2D eigenvalue weighted by molar-refractivity contribution is 5.78. The van der Waals surface area contributed by atoms with Crippen molar-refractivity contribution in [2.24, 2.45) is 0 Å². The average molecular weight is 244 g/mol. The minimum atomic E-state index is 0.816. The SMILES string of the molecule is C=CCc1cc(N)c(C(=C)CCC)cc1N(C)C. The van der Waals surface area contributed by atoms with E-state index in [1.807, 2.05) is 26.2 Å². The number of hydrogen-bond donors (Lipinski definition) is 1. The van der Waals surface area contributed by atoms with Gasteiger partial charge in [0.05, 0.1) is 0 Å². The van der Waals surface area contributed by atoms with Crippen molar-refractivity contribution in [3.63, 3.8) is 0 Å². The summed E-state index contributed by atoms with van der Waals surface area (Å²) in [7, 11) is 4.09. The Morgan fingerprint density at radius 1 is 1.39 bits per heavy atom. The van der Waals surface area contributed by atoms with E-state index in [0.29, 0.717) is 0 Å². The fourth-order valence-electron chi connectivity index (χ4n) is 2.13. The van der Waals surface area contributed by atoms with E-state index in [1.165, 1.54) is 11.3 Å². The lowest BCUT2D eigenvalue weighted by atomic mass is 9.97. The molecule has 0 saturated heterocycles. The second kappa shape index (κ2) is 6.29. The van der Waals surface area contributed by atoms with E-state index in [4.69, 9.17) is 5.73 Å². The Morgan fingerprint density at radius 3 is 2.56 bits per heavy atom. The van der Waals surface area contributed by atoms with Gasteiger partial charge in [0.25, 0.3) is 0 Å². The van der Waals surface area contributed by atoms with Crippen LogP contribution in [0.25, 0.3) is 5.57 Å². The summed E-state index contributed by atoms with van der Waals surface area (Å²) in [5.74, 6) is 0. The minimum absolute atomic E-state index is 0.816. The van der Waals surface area contributed by atoms with Gasteiger partial charge in [-0.05, 0) is 36.1 Å². The Balaban J connectivity index is 3.26. The Morgan fingerprint density at radius 2 is 2.06 bits per heavy atom. The van der Waals surface area contributed by atoms with E-state index in [0.717, 1.165) is 36.1 Å². The molecule has 2 nitrogen and oxygen atoms in total. The molecule has 0 aliphatic heterocycles. The second-order valence-corrected chi connectivity index (χ2v) is 4.81. The monoisotopic (exact) mass is 244 g/mol. The third-order valence-corrected chi connectivity index (χ3v) is 3.03. The maximum Gasteiger partial charge on any atom is 0.0404 e. The van der Waals surface area contributed by atoms with E-state index >= 15 is 0 Å². The normalized spacial score (nSPS) is 10.2. The highest BCUT2D eigenvalue weighted by Gasteiger charge is 2.10. The van der Waals surface area contributed by atoms with Crippen LogP contribution in [-0.4, -0.2) is 14.1 Å². The molecule has 0 fully saturated rings. The molecule has 0 radical (unpaired) electrons. The molecule has 0 aliphatic rings. The molecule has 0 aromatic heterocycles. The van der Waals surface area contributed by atoms with Crippen molar-refractivity contribution in [1.82, 2.24) is 0 Å². The zero-order chi connectivity index (χ0) is 13.7. The number of anilines is 2. The van der Waals surface area contributed by atoms with Crippen molar-refractivity contribution in [3.8, 4) is 0 Å². The number of nitrogens with two attached hydrogens (primary N) is 1. The molecule has 1 aromatic carbocycles. The largest absolute Gasteiger partial charge is 0.398 e. The zero-order valence-corrected chi connectivity index (χ0v) is 11.8. The molecule has 98 valence electrons. The van der Waals surface area contributed by atoms with Crippen LogP contribution in [0, 0.1) is 0 Å². The molecule has 2 N–H and O–H groups in total. The molecule has 0 heterocycles. The van der Waals surface area contributed by atoms with Crippen molar-refractivity contribution in [2.75, 3.05) is 24.7 Å². The molecular formula is C16H24N2. The van der Waals surface area contributed by atoms with E-state index < -0.39 is 0 Å². The summed E-state index contributed by atoms with van der Waals surface area (Å²) in [5, 5.41) is 0. The molecule has 0 saturated carbocycles. The van der Waals surface area contributed by atoms with E-state index in [-0.39, 0.29) is 0 Å². The lowest BCUT2D eigenvalue weighted by Crippen LogP contribution is -2.12. The maximum atomic E-state index is 6.14. The molecule has 0 bridgehead atoms. The lowest BCUT2D eigenvalue weighted by Gasteiger charge is -2.20. The zero-order valence-electron chi connectivity index (χ0n) is 11.8. The third kappa shape index (κ3) is 3.16. The number of hydrogen-bond acceptors (Lipinski definition) is 2. The van der Waals surface area contributed by atoms with Crippen LogP contribution in [0.15, 0.2) is 31.4 Å². The Bertz CT molecular complexity index is 445. The third-order valence-electron chi connectivity index (χ3n) is 3.03. The smallest absolute Gasteiger partial charge is 0.0404 e. The molecule has 0 unspecified atom stereocenters. The average Bonchev–Trinajstić information content (AvgIpc) is 2.29. The van der Waals surface area contributed by atoms with Crippen LogP contribution in [0.5, 0.6) is 0 Å². The summed E-state index contributed by atoms with van der Waals surface area (Å²) in [5.41, 5.74) is 11.5. The predicted molar refractivity (Wildman–Crippen MR) is 83.0 cm³/mol. The molecular weight excluding hydrogens is 220 g/mol. The standard InChI is InChI=1S/C16H24N2/c1-6-8-12(3)14-11-16(18(4)5)13(9-7-2)10-15(14)17/h7,10-11H,2-3,6,8-9,17H2,1,4-5H3. The molecule has 2 heteroatoms. The summed E-state index contributed by atoms with van der Waals surface area (Å²) < 4.78 is 0. The molecule has 0 aliphatic carbocycles. The van der Waals surface area contributed by atoms with Crippen molar-refractivity contribution >= 4 is 16.9 Å². The summed E-state index contributed by atoms with van der Waals surface area (Å²) in [6, 6.07) is 4.19. The van der Waals surface area contributed by atoms with Crippen LogP contribution in [0.2, 0.25) is 0 Å². The summed E-state index contributed by atoms with van der Waals surface area (Å²) in [4.78, 5) is 2.11. The van der Waals surface area contributed by atoms with Crippen LogP contribution in [0.4, 0.5) is 11.4 Å². The van der Waals surface area contributed by atoms with Gasteiger partial charge in [-0.15, -0.1) is 6.58 Å². The van der Waals surface area contributed by atoms with Crippen LogP contribution >= 0.6 is 0 Å². The highest BCUT2D eigenvalue weighted by Crippen LogP contribution is 2.31. The van der Waals surface area contributed by atoms with Crippen LogP contribution in [0.1, 0.15) is 30.9 Å². The van der Waals surface area contributed by atoms with Gasteiger partial charge in [-0.25, -0.2) is 0 Å². The summed E-state index contributed by atoms with van der Waals surface area (Å²) in [6.07, 6.45) is 4.81. The number of rotatable bonds is 6. The lowest BCUT2D eigenvalue weighted by molar-refractivity contribution is 0.975. The summed E-state index contributed by atoms with van der Waals surface area (Å²) >= 11 is 0. The topological polar surface area (TPSA) is 29.3 Å².